The Bertz CT molecular complexity index is 626. The number of likely N-dealkylation sites (tertiary alicyclic amines) is 1. The van der Waals surface area contributed by atoms with Gasteiger partial charge in [-0.3, -0.25) is 9.59 Å². The maximum absolute atomic E-state index is 12.8. The molecule has 6 nitrogen and oxygen atoms in total. The van der Waals surface area contributed by atoms with Crippen molar-refractivity contribution in [2.45, 2.75) is 39.0 Å². The lowest BCUT2D eigenvalue weighted by atomic mass is 9.76. The molecule has 1 N–H and O–H groups in total. The van der Waals surface area contributed by atoms with Gasteiger partial charge in [-0.1, -0.05) is 25.5 Å². The summed E-state index contributed by atoms with van der Waals surface area (Å²) in [6, 6.07) is 5.43. The molecule has 0 radical (unpaired) electrons. The van der Waals surface area contributed by atoms with Gasteiger partial charge < -0.3 is 19.5 Å². The van der Waals surface area contributed by atoms with Gasteiger partial charge in [-0.15, -0.1) is 0 Å². The molecule has 1 aromatic rings. The van der Waals surface area contributed by atoms with Crippen LogP contribution in [0.5, 0.6) is 11.5 Å². The van der Waals surface area contributed by atoms with Gasteiger partial charge in [0, 0.05) is 18.7 Å². The van der Waals surface area contributed by atoms with Crippen molar-refractivity contribution in [1.82, 2.24) is 4.90 Å². The van der Waals surface area contributed by atoms with E-state index >= 15 is 0 Å². The van der Waals surface area contributed by atoms with E-state index in [9.17, 15) is 14.7 Å². The van der Waals surface area contributed by atoms with Crippen LogP contribution >= 0.6 is 0 Å². The van der Waals surface area contributed by atoms with Crippen LogP contribution in [0.2, 0.25) is 0 Å². The van der Waals surface area contributed by atoms with Gasteiger partial charge >= 0.3 is 5.97 Å². The second-order valence-electron chi connectivity index (χ2n) is 6.58. The number of hydrogen-bond donors (Lipinski definition) is 1. The van der Waals surface area contributed by atoms with Crippen LogP contribution in [0.25, 0.3) is 0 Å². The average Bonchev–Trinajstić information content (AvgIpc) is 2.61. The van der Waals surface area contributed by atoms with E-state index in [0.717, 1.165) is 12.0 Å². The molecule has 0 aromatic heterocycles. The first kappa shape index (κ1) is 19.1. The van der Waals surface area contributed by atoms with Gasteiger partial charge in [-0.25, -0.2) is 0 Å². The molecule has 1 aliphatic rings. The second-order valence-corrected chi connectivity index (χ2v) is 6.58. The summed E-state index contributed by atoms with van der Waals surface area (Å²) >= 11 is 0. The zero-order valence-corrected chi connectivity index (χ0v) is 15.2. The van der Waals surface area contributed by atoms with E-state index in [1.54, 1.807) is 25.2 Å². The highest BCUT2D eigenvalue weighted by Crippen LogP contribution is 2.36. The third-order valence-electron chi connectivity index (χ3n) is 4.94. The van der Waals surface area contributed by atoms with Gasteiger partial charge in [0.25, 0.3) is 0 Å². The average molecular weight is 349 g/mol. The first-order valence-electron chi connectivity index (χ1n) is 8.68. The van der Waals surface area contributed by atoms with Crippen LogP contribution in [-0.4, -0.2) is 49.2 Å². The summed E-state index contributed by atoms with van der Waals surface area (Å²) in [5, 5.41) is 9.69. The number of carbonyl (C=O) groups excluding carboxylic acids is 1. The predicted molar refractivity (Wildman–Crippen MR) is 94.0 cm³/mol. The molecule has 1 amide bonds. The monoisotopic (exact) mass is 349 g/mol. The van der Waals surface area contributed by atoms with Crippen molar-refractivity contribution in [3.8, 4) is 11.5 Å². The lowest BCUT2D eigenvalue weighted by molar-refractivity contribution is -0.155. The van der Waals surface area contributed by atoms with Crippen molar-refractivity contribution < 1.29 is 24.2 Å². The third-order valence-corrected chi connectivity index (χ3v) is 4.94. The predicted octanol–water partition coefficient (Wildman–Crippen LogP) is 2.74. The number of rotatable bonds is 7. The van der Waals surface area contributed by atoms with E-state index in [2.05, 4.69) is 0 Å². The van der Waals surface area contributed by atoms with E-state index in [-0.39, 0.29) is 18.9 Å². The van der Waals surface area contributed by atoms with Crippen LogP contribution in [0.4, 0.5) is 0 Å². The molecular weight excluding hydrogens is 322 g/mol. The number of carboxylic acid groups (broad SMARTS) is 1. The third kappa shape index (κ3) is 4.06. The molecule has 138 valence electrons. The molecule has 0 unspecified atom stereocenters. The normalized spacial score (nSPS) is 20.2. The van der Waals surface area contributed by atoms with E-state index in [0.29, 0.717) is 37.3 Å². The fourth-order valence-electron chi connectivity index (χ4n) is 3.68. The first-order chi connectivity index (χ1) is 12.0. The molecule has 0 bridgehead atoms. The Morgan fingerprint density at radius 1 is 1.28 bits per heavy atom. The maximum Gasteiger partial charge on any atom is 0.311 e. The highest BCUT2D eigenvalue weighted by Gasteiger charge is 2.42. The lowest BCUT2D eigenvalue weighted by Crippen LogP contribution is -2.50. The highest BCUT2D eigenvalue weighted by molar-refractivity contribution is 5.82. The molecule has 1 fully saturated rings. The van der Waals surface area contributed by atoms with E-state index in [4.69, 9.17) is 9.47 Å². The molecule has 1 aliphatic heterocycles. The number of benzene rings is 1. The van der Waals surface area contributed by atoms with Crippen LogP contribution in [0.1, 0.15) is 38.2 Å². The number of carboxylic acids is 1. The molecule has 1 saturated heterocycles. The van der Waals surface area contributed by atoms with Gasteiger partial charge in [0.2, 0.25) is 5.91 Å². The van der Waals surface area contributed by atoms with Crippen molar-refractivity contribution in [1.29, 1.82) is 0 Å². The summed E-state index contributed by atoms with van der Waals surface area (Å²) in [6.45, 7) is 2.86. The topological polar surface area (TPSA) is 76.1 Å². The highest BCUT2D eigenvalue weighted by atomic mass is 16.5. The molecule has 1 heterocycles. The largest absolute Gasteiger partial charge is 0.493 e. The molecule has 0 aliphatic carbocycles. The zero-order chi connectivity index (χ0) is 18.4. The SMILES string of the molecule is CCC[C@@]1(C(=O)O)CCCN(C(=O)Cc2cccc(OC)c2OC)C1. The van der Waals surface area contributed by atoms with E-state index < -0.39 is 11.4 Å². The minimum atomic E-state index is -0.818. The smallest absolute Gasteiger partial charge is 0.311 e. The molecule has 0 spiro atoms. The second kappa shape index (κ2) is 8.23. The molecule has 1 atom stereocenters. The number of carbonyl (C=O) groups is 2. The molecule has 2 rings (SSSR count). The summed E-state index contributed by atoms with van der Waals surface area (Å²) in [4.78, 5) is 26.3. The maximum atomic E-state index is 12.8. The fraction of sp³-hybridized carbons (Fsp3) is 0.579. The lowest BCUT2D eigenvalue weighted by Gasteiger charge is -2.40. The summed E-state index contributed by atoms with van der Waals surface area (Å²) in [6.07, 6.45) is 2.89. The minimum Gasteiger partial charge on any atom is -0.493 e. The van der Waals surface area contributed by atoms with Gasteiger partial charge in [-0.05, 0) is 25.3 Å². The summed E-state index contributed by atoms with van der Waals surface area (Å²) in [5.74, 6) is 0.254. The molecule has 1 aromatic carbocycles. The van der Waals surface area contributed by atoms with Gasteiger partial charge in [-0.2, -0.15) is 0 Å². The van der Waals surface area contributed by atoms with Gasteiger partial charge in [0.15, 0.2) is 11.5 Å². The van der Waals surface area contributed by atoms with Crippen molar-refractivity contribution >= 4 is 11.9 Å². The standard InChI is InChI=1S/C19H27NO5/c1-4-9-19(18(22)23)10-6-11-20(13-19)16(21)12-14-7-5-8-15(24-2)17(14)25-3/h5,7-8H,4,6,9-13H2,1-3H3,(H,22,23)/t19-/m1/s1. The summed E-state index contributed by atoms with van der Waals surface area (Å²) < 4.78 is 10.7. The van der Waals surface area contributed by atoms with Crippen LogP contribution in [-0.2, 0) is 16.0 Å². The Hall–Kier alpha value is -2.24. The Morgan fingerprint density at radius 3 is 2.64 bits per heavy atom. The Labute approximate surface area is 148 Å². The van der Waals surface area contributed by atoms with Crippen molar-refractivity contribution in [3.05, 3.63) is 23.8 Å². The van der Waals surface area contributed by atoms with Crippen LogP contribution in [0.3, 0.4) is 0 Å². The number of aliphatic carboxylic acids is 1. The molecular formula is C19H27NO5. The Kier molecular flexibility index (Phi) is 6.28. The first-order valence-corrected chi connectivity index (χ1v) is 8.68. The number of ether oxygens (including phenoxy) is 2. The number of nitrogens with zero attached hydrogens (tertiary/aromatic N) is 1. The van der Waals surface area contributed by atoms with Crippen molar-refractivity contribution in [3.63, 3.8) is 0 Å². The minimum absolute atomic E-state index is 0.0759. The van der Waals surface area contributed by atoms with Crippen LogP contribution < -0.4 is 9.47 Å². The van der Waals surface area contributed by atoms with Crippen molar-refractivity contribution in [2.75, 3.05) is 27.3 Å². The number of methoxy groups -OCH3 is 2. The number of para-hydroxylation sites is 1. The number of piperidine rings is 1. The number of amides is 1. The quantitative estimate of drug-likeness (QED) is 0.819. The Balaban J connectivity index is 2.17. The van der Waals surface area contributed by atoms with Crippen LogP contribution in [0.15, 0.2) is 18.2 Å². The van der Waals surface area contributed by atoms with Crippen LogP contribution in [0, 0.1) is 5.41 Å². The fourth-order valence-corrected chi connectivity index (χ4v) is 3.68. The molecule has 25 heavy (non-hydrogen) atoms. The Morgan fingerprint density at radius 2 is 2.04 bits per heavy atom. The number of hydrogen-bond acceptors (Lipinski definition) is 4. The van der Waals surface area contributed by atoms with Gasteiger partial charge in [0.1, 0.15) is 0 Å². The summed E-state index contributed by atoms with van der Waals surface area (Å²) in [7, 11) is 3.10. The summed E-state index contributed by atoms with van der Waals surface area (Å²) in [5.41, 5.74) is -0.0740. The molecule has 6 heteroatoms. The molecule has 0 saturated carbocycles. The van der Waals surface area contributed by atoms with E-state index in [1.165, 1.54) is 0 Å². The van der Waals surface area contributed by atoms with Crippen molar-refractivity contribution in [2.24, 2.45) is 5.41 Å². The van der Waals surface area contributed by atoms with Gasteiger partial charge in [0.05, 0.1) is 26.1 Å². The zero-order valence-electron chi connectivity index (χ0n) is 15.2. The van der Waals surface area contributed by atoms with E-state index in [1.807, 2.05) is 19.1 Å².